The lowest BCUT2D eigenvalue weighted by Gasteiger charge is -2.36. The van der Waals surface area contributed by atoms with E-state index in [2.05, 4.69) is 11.4 Å². The Hall–Kier alpha value is -1.26. The predicted molar refractivity (Wildman–Crippen MR) is 72.3 cm³/mol. The monoisotopic (exact) mass is 263 g/mol. The number of aliphatic hydroxyl groups excluding tert-OH is 1. The van der Waals surface area contributed by atoms with E-state index in [0.717, 1.165) is 30.9 Å². The van der Waals surface area contributed by atoms with Gasteiger partial charge in [-0.3, -0.25) is 0 Å². The third kappa shape index (κ3) is 2.69. The molecule has 2 N–H and O–H groups in total. The van der Waals surface area contributed by atoms with Crippen LogP contribution in [0.25, 0.3) is 0 Å². The molecule has 1 heterocycles. The van der Waals surface area contributed by atoms with E-state index in [-0.39, 0.29) is 12.1 Å². The molecule has 0 spiro atoms. The molecule has 0 unspecified atom stereocenters. The van der Waals surface area contributed by atoms with Gasteiger partial charge in [0.15, 0.2) is 11.5 Å². The average Bonchev–Trinajstić information content (AvgIpc) is 2.93. The Morgan fingerprint density at radius 3 is 2.68 bits per heavy atom. The van der Waals surface area contributed by atoms with E-state index in [0.29, 0.717) is 6.79 Å². The van der Waals surface area contributed by atoms with Crippen molar-refractivity contribution < 1.29 is 14.6 Å². The molecule has 0 aromatic heterocycles. The number of hydrogen-bond acceptors (Lipinski definition) is 4. The fourth-order valence-corrected chi connectivity index (χ4v) is 2.96. The first-order chi connectivity index (χ1) is 9.31. The summed E-state index contributed by atoms with van der Waals surface area (Å²) in [6.07, 6.45) is 5.82. The Balaban J connectivity index is 1.65. The lowest BCUT2D eigenvalue weighted by Crippen LogP contribution is -2.49. The standard InChI is InChI=1S/C15H21NO3/c17-10-15(6-2-1-3-7-15)16-9-12-4-5-13-14(8-12)19-11-18-13/h4-5,8,16-17H,1-3,6-7,9-11H2. The van der Waals surface area contributed by atoms with E-state index in [4.69, 9.17) is 9.47 Å². The molecule has 0 radical (unpaired) electrons. The average molecular weight is 263 g/mol. The lowest BCUT2D eigenvalue weighted by molar-refractivity contribution is 0.119. The second-order valence-electron chi connectivity index (χ2n) is 5.54. The van der Waals surface area contributed by atoms with E-state index in [9.17, 15) is 5.11 Å². The van der Waals surface area contributed by atoms with Crippen LogP contribution < -0.4 is 14.8 Å². The van der Waals surface area contributed by atoms with E-state index in [1.54, 1.807) is 0 Å². The van der Waals surface area contributed by atoms with Gasteiger partial charge in [0, 0.05) is 12.1 Å². The molecule has 1 fully saturated rings. The maximum absolute atomic E-state index is 9.67. The van der Waals surface area contributed by atoms with Crippen molar-refractivity contribution >= 4 is 0 Å². The summed E-state index contributed by atoms with van der Waals surface area (Å²) >= 11 is 0. The van der Waals surface area contributed by atoms with Gasteiger partial charge in [-0.1, -0.05) is 25.3 Å². The molecule has 0 atom stereocenters. The van der Waals surface area contributed by atoms with Crippen LogP contribution >= 0.6 is 0 Å². The molecule has 0 amide bonds. The summed E-state index contributed by atoms with van der Waals surface area (Å²) in [5.41, 5.74) is 1.08. The first kappa shape index (κ1) is 12.8. The van der Waals surface area contributed by atoms with Gasteiger partial charge in [0.25, 0.3) is 0 Å². The first-order valence-electron chi connectivity index (χ1n) is 7.06. The largest absolute Gasteiger partial charge is 0.454 e. The molecule has 1 saturated carbocycles. The van der Waals surface area contributed by atoms with Gasteiger partial charge in [-0.05, 0) is 30.5 Å². The van der Waals surface area contributed by atoms with Gasteiger partial charge in [0.05, 0.1) is 6.61 Å². The Bertz CT molecular complexity index is 441. The number of ether oxygens (including phenoxy) is 2. The maximum atomic E-state index is 9.67. The predicted octanol–water partition coefficient (Wildman–Crippen LogP) is 2.20. The molecule has 2 aliphatic rings. The third-order valence-corrected chi connectivity index (χ3v) is 4.22. The van der Waals surface area contributed by atoms with Crippen molar-refractivity contribution in [2.24, 2.45) is 0 Å². The highest BCUT2D eigenvalue weighted by Gasteiger charge is 2.30. The summed E-state index contributed by atoms with van der Waals surface area (Å²) in [6.45, 7) is 1.29. The summed E-state index contributed by atoms with van der Waals surface area (Å²) in [5, 5.41) is 13.2. The normalized spacial score (nSPS) is 20.5. The molecule has 1 aliphatic carbocycles. The number of nitrogens with one attached hydrogen (secondary N) is 1. The molecule has 0 bridgehead atoms. The van der Waals surface area contributed by atoms with Crippen LogP contribution in [0, 0.1) is 0 Å². The smallest absolute Gasteiger partial charge is 0.231 e. The Morgan fingerprint density at radius 1 is 1.11 bits per heavy atom. The first-order valence-corrected chi connectivity index (χ1v) is 7.06. The minimum atomic E-state index is -0.0887. The van der Waals surface area contributed by atoms with Crippen molar-refractivity contribution in [3.63, 3.8) is 0 Å². The SMILES string of the molecule is OCC1(NCc2ccc3c(c2)OCO3)CCCCC1. The van der Waals surface area contributed by atoms with Crippen LogP contribution in [0.15, 0.2) is 18.2 Å². The highest BCUT2D eigenvalue weighted by Crippen LogP contribution is 2.33. The Labute approximate surface area is 113 Å². The van der Waals surface area contributed by atoms with Gasteiger partial charge in [0.1, 0.15) is 0 Å². The van der Waals surface area contributed by atoms with Gasteiger partial charge in [-0.25, -0.2) is 0 Å². The van der Waals surface area contributed by atoms with Crippen LogP contribution in [0.2, 0.25) is 0 Å². The number of fused-ring (bicyclic) bond motifs is 1. The third-order valence-electron chi connectivity index (χ3n) is 4.22. The second-order valence-corrected chi connectivity index (χ2v) is 5.54. The molecule has 3 rings (SSSR count). The molecule has 0 saturated heterocycles. The van der Waals surface area contributed by atoms with Crippen molar-refractivity contribution in [1.29, 1.82) is 0 Å². The van der Waals surface area contributed by atoms with Gasteiger partial charge in [-0.15, -0.1) is 0 Å². The second kappa shape index (κ2) is 5.39. The van der Waals surface area contributed by atoms with Crippen LogP contribution in [0.4, 0.5) is 0 Å². The molecule has 19 heavy (non-hydrogen) atoms. The molecule has 1 aromatic carbocycles. The van der Waals surface area contributed by atoms with Crippen LogP contribution in [0.5, 0.6) is 11.5 Å². The summed E-state index contributed by atoms with van der Waals surface area (Å²) in [5.74, 6) is 1.64. The summed E-state index contributed by atoms with van der Waals surface area (Å²) in [4.78, 5) is 0. The zero-order valence-corrected chi connectivity index (χ0v) is 11.2. The van der Waals surface area contributed by atoms with Crippen molar-refractivity contribution in [2.75, 3.05) is 13.4 Å². The lowest BCUT2D eigenvalue weighted by atomic mass is 9.82. The van der Waals surface area contributed by atoms with Crippen LogP contribution in [-0.2, 0) is 6.54 Å². The maximum Gasteiger partial charge on any atom is 0.231 e. The van der Waals surface area contributed by atoms with E-state index in [1.807, 2.05) is 12.1 Å². The zero-order chi connectivity index (χ0) is 13.1. The van der Waals surface area contributed by atoms with Gasteiger partial charge >= 0.3 is 0 Å². The Morgan fingerprint density at radius 2 is 1.89 bits per heavy atom. The van der Waals surface area contributed by atoms with Crippen molar-refractivity contribution in [3.8, 4) is 11.5 Å². The summed E-state index contributed by atoms with van der Waals surface area (Å²) < 4.78 is 10.7. The number of benzene rings is 1. The van der Waals surface area contributed by atoms with E-state index < -0.39 is 0 Å². The fraction of sp³-hybridized carbons (Fsp3) is 0.600. The number of rotatable bonds is 4. The molecule has 4 heteroatoms. The van der Waals surface area contributed by atoms with Crippen LogP contribution in [-0.4, -0.2) is 24.0 Å². The fourth-order valence-electron chi connectivity index (χ4n) is 2.96. The molecule has 4 nitrogen and oxygen atoms in total. The van der Waals surface area contributed by atoms with Gasteiger partial charge < -0.3 is 19.9 Å². The zero-order valence-electron chi connectivity index (χ0n) is 11.2. The Kier molecular flexibility index (Phi) is 3.62. The van der Waals surface area contributed by atoms with Gasteiger partial charge in [-0.2, -0.15) is 0 Å². The molecular weight excluding hydrogens is 242 g/mol. The molecule has 104 valence electrons. The van der Waals surface area contributed by atoms with Crippen molar-refractivity contribution in [3.05, 3.63) is 23.8 Å². The van der Waals surface area contributed by atoms with E-state index >= 15 is 0 Å². The molecule has 1 aliphatic heterocycles. The summed E-state index contributed by atoms with van der Waals surface area (Å²) in [7, 11) is 0. The van der Waals surface area contributed by atoms with Crippen molar-refractivity contribution in [2.45, 2.75) is 44.2 Å². The number of hydrogen-bond donors (Lipinski definition) is 2. The highest BCUT2D eigenvalue weighted by atomic mass is 16.7. The topological polar surface area (TPSA) is 50.7 Å². The number of aliphatic hydroxyl groups is 1. The quantitative estimate of drug-likeness (QED) is 0.874. The van der Waals surface area contributed by atoms with Crippen LogP contribution in [0.1, 0.15) is 37.7 Å². The molecular formula is C15H21NO3. The summed E-state index contributed by atoms with van der Waals surface area (Å²) in [6, 6.07) is 6.02. The molecule has 1 aromatic rings. The van der Waals surface area contributed by atoms with Crippen molar-refractivity contribution in [1.82, 2.24) is 5.32 Å². The van der Waals surface area contributed by atoms with Crippen LogP contribution in [0.3, 0.4) is 0 Å². The highest BCUT2D eigenvalue weighted by molar-refractivity contribution is 5.44. The minimum Gasteiger partial charge on any atom is -0.454 e. The van der Waals surface area contributed by atoms with Gasteiger partial charge in [0.2, 0.25) is 6.79 Å². The van der Waals surface area contributed by atoms with E-state index in [1.165, 1.54) is 24.8 Å². The minimum absolute atomic E-state index is 0.0887.